The minimum atomic E-state index is -0.500. The summed E-state index contributed by atoms with van der Waals surface area (Å²) < 4.78 is 16.0. The summed E-state index contributed by atoms with van der Waals surface area (Å²) in [7, 11) is 0. The summed E-state index contributed by atoms with van der Waals surface area (Å²) in [6.45, 7) is 11.2. The van der Waals surface area contributed by atoms with Crippen LogP contribution in [0.2, 0.25) is 0 Å². The van der Waals surface area contributed by atoms with Gasteiger partial charge in [0.15, 0.2) is 11.5 Å². The van der Waals surface area contributed by atoms with Gasteiger partial charge >= 0.3 is 0 Å². The molecule has 0 bridgehead atoms. The van der Waals surface area contributed by atoms with E-state index >= 15 is 0 Å². The fourth-order valence-corrected chi connectivity index (χ4v) is 5.10. The van der Waals surface area contributed by atoms with Crippen LogP contribution < -0.4 is 10.2 Å². The average molecular weight is 462 g/mol. The van der Waals surface area contributed by atoms with Gasteiger partial charge < -0.3 is 14.6 Å². The van der Waals surface area contributed by atoms with Crippen LogP contribution in [-0.2, 0) is 0 Å². The molecule has 0 aliphatic carbocycles. The van der Waals surface area contributed by atoms with Gasteiger partial charge in [0.05, 0.1) is 22.6 Å². The zero-order valence-electron chi connectivity index (χ0n) is 19.8. The van der Waals surface area contributed by atoms with Crippen molar-refractivity contribution >= 4 is 34.0 Å². The molecule has 0 unspecified atom stereocenters. The van der Waals surface area contributed by atoms with Crippen molar-refractivity contribution in [1.82, 2.24) is 24.3 Å². The lowest BCUT2D eigenvalue weighted by Crippen LogP contribution is -2.56. The van der Waals surface area contributed by atoms with Crippen LogP contribution in [0.25, 0.3) is 16.7 Å². The molecule has 34 heavy (non-hydrogen) atoms. The predicted molar refractivity (Wildman–Crippen MR) is 131 cm³/mol. The number of imidazole rings is 1. The topological polar surface area (TPSA) is 78.7 Å². The van der Waals surface area contributed by atoms with E-state index in [9.17, 15) is 9.18 Å². The van der Waals surface area contributed by atoms with Crippen LogP contribution in [0, 0.1) is 12.7 Å². The number of pyridine rings is 1. The Labute approximate surface area is 197 Å². The number of aryl methyl sites for hydroxylation is 1. The standard InChI is InChI=1S/C25H28FN7O/c1-5-33-16(3)12-31(13-17(33)4)21-7-6-19(22-23(21)28-9-8-27-22)25(34)30-18-10-20(26)24-29-15(2)11-32(24)14-18/h6-11,14,16-17H,5,12-13H2,1-4H3,(H,30,34)/t16-,17+. The number of benzene rings is 1. The number of aromatic nitrogens is 4. The normalized spacial score (nSPS) is 19.1. The van der Waals surface area contributed by atoms with Crippen LogP contribution in [0.1, 0.15) is 36.8 Å². The second kappa shape index (κ2) is 8.64. The number of halogens is 1. The van der Waals surface area contributed by atoms with E-state index in [0.717, 1.165) is 25.3 Å². The van der Waals surface area contributed by atoms with Gasteiger partial charge in [0.2, 0.25) is 0 Å². The van der Waals surface area contributed by atoms with Gasteiger partial charge in [-0.3, -0.25) is 19.7 Å². The third-order valence-electron chi connectivity index (χ3n) is 6.54. The first kappa shape index (κ1) is 22.2. The quantitative estimate of drug-likeness (QED) is 0.497. The summed E-state index contributed by atoms with van der Waals surface area (Å²) in [6, 6.07) is 5.80. The van der Waals surface area contributed by atoms with Gasteiger partial charge in [0.1, 0.15) is 11.0 Å². The van der Waals surface area contributed by atoms with Gasteiger partial charge in [0, 0.05) is 56.0 Å². The molecule has 4 heterocycles. The molecule has 1 saturated heterocycles. The van der Waals surface area contributed by atoms with Gasteiger partial charge in [0.25, 0.3) is 5.91 Å². The highest BCUT2D eigenvalue weighted by molar-refractivity contribution is 6.13. The van der Waals surface area contributed by atoms with Crippen molar-refractivity contribution in [2.24, 2.45) is 0 Å². The number of likely N-dealkylation sites (N-methyl/N-ethyl adjacent to an activating group) is 1. The number of nitrogens with one attached hydrogen (secondary N) is 1. The van der Waals surface area contributed by atoms with Crippen LogP contribution >= 0.6 is 0 Å². The summed E-state index contributed by atoms with van der Waals surface area (Å²) in [5.74, 6) is -0.870. The largest absolute Gasteiger partial charge is 0.367 e. The van der Waals surface area contributed by atoms with Crippen LogP contribution in [0.5, 0.6) is 0 Å². The second-order valence-corrected chi connectivity index (χ2v) is 8.96. The molecule has 1 aliphatic rings. The van der Waals surface area contributed by atoms with E-state index in [0.29, 0.717) is 40.1 Å². The van der Waals surface area contributed by atoms with Crippen LogP contribution in [-0.4, -0.2) is 61.9 Å². The van der Waals surface area contributed by atoms with E-state index < -0.39 is 5.82 Å². The highest BCUT2D eigenvalue weighted by Crippen LogP contribution is 2.30. The Balaban J connectivity index is 1.48. The van der Waals surface area contributed by atoms with Crippen LogP contribution in [0.3, 0.4) is 0 Å². The summed E-state index contributed by atoms with van der Waals surface area (Å²) in [4.78, 5) is 31.3. The minimum absolute atomic E-state index is 0.225. The number of nitrogens with zero attached hydrogens (tertiary/aromatic N) is 6. The number of anilines is 2. The minimum Gasteiger partial charge on any atom is -0.367 e. The molecule has 1 aliphatic heterocycles. The van der Waals surface area contributed by atoms with Gasteiger partial charge in [-0.15, -0.1) is 0 Å². The lowest BCUT2D eigenvalue weighted by molar-refractivity contribution is 0.102. The molecule has 1 fully saturated rings. The Bertz CT molecular complexity index is 1370. The molecule has 5 rings (SSSR count). The molecular formula is C25H28FN7O. The molecule has 1 N–H and O–H groups in total. The first-order valence-electron chi connectivity index (χ1n) is 11.6. The molecule has 176 valence electrons. The smallest absolute Gasteiger partial charge is 0.257 e. The Morgan fingerprint density at radius 1 is 1.12 bits per heavy atom. The van der Waals surface area contributed by atoms with Crippen molar-refractivity contribution in [2.75, 3.05) is 29.9 Å². The van der Waals surface area contributed by atoms with Crippen molar-refractivity contribution in [3.05, 3.63) is 60.1 Å². The van der Waals surface area contributed by atoms with Crippen molar-refractivity contribution in [2.45, 2.75) is 39.8 Å². The molecular weight excluding hydrogens is 433 g/mol. The predicted octanol–water partition coefficient (Wildman–Crippen LogP) is 3.90. The highest BCUT2D eigenvalue weighted by Gasteiger charge is 2.30. The first-order valence-corrected chi connectivity index (χ1v) is 11.6. The molecule has 3 aromatic heterocycles. The molecule has 1 aromatic carbocycles. The van der Waals surface area contributed by atoms with Crippen molar-refractivity contribution < 1.29 is 9.18 Å². The number of piperazine rings is 1. The second-order valence-electron chi connectivity index (χ2n) is 8.96. The SMILES string of the molecule is CCN1[C@H](C)CN(c2ccc(C(=O)Nc3cc(F)c4nc(C)cn4c3)c3nccnc23)C[C@@H]1C. The van der Waals surface area contributed by atoms with E-state index in [4.69, 9.17) is 0 Å². The fraction of sp³-hybridized carbons (Fsp3) is 0.360. The molecule has 0 spiro atoms. The summed E-state index contributed by atoms with van der Waals surface area (Å²) in [6.07, 6.45) is 6.59. The van der Waals surface area contributed by atoms with E-state index in [-0.39, 0.29) is 11.6 Å². The van der Waals surface area contributed by atoms with Crippen molar-refractivity contribution in [3.8, 4) is 0 Å². The Morgan fingerprint density at radius 3 is 2.53 bits per heavy atom. The van der Waals surface area contributed by atoms with E-state index in [1.54, 1.807) is 42.2 Å². The Morgan fingerprint density at radius 2 is 1.82 bits per heavy atom. The van der Waals surface area contributed by atoms with E-state index in [1.165, 1.54) is 6.07 Å². The fourth-order valence-electron chi connectivity index (χ4n) is 5.10. The lowest BCUT2D eigenvalue weighted by Gasteiger charge is -2.45. The Hall–Kier alpha value is -3.59. The van der Waals surface area contributed by atoms with Gasteiger partial charge in [-0.1, -0.05) is 6.92 Å². The summed E-state index contributed by atoms with van der Waals surface area (Å²) in [5, 5.41) is 2.80. The Kier molecular flexibility index (Phi) is 5.65. The van der Waals surface area contributed by atoms with Crippen LogP contribution in [0.4, 0.5) is 15.8 Å². The van der Waals surface area contributed by atoms with E-state index in [2.05, 4.69) is 50.8 Å². The number of hydrogen-bond donors (Lipinski definition) is 1. The maximum Gasteiger partial charge on any atom is 0.257 e. The van der Waals surface area contributed by atoms with Crippen LogP contribution in [0.15, 0.2) is 43.0 Å². The monoisotopic (exact) mass is 461 g/mol. The van der Waals surface area contributed by atoms with Crippen molar-refractivity contribution in [1.29, 1.82) is 0 Å². The molecule has 8 nitrogen and oxygen atoms in total. The highest BCUT2D eigenvalue weighted by atomic mass is 19.1. The maximum absolute atomic E-state index is 14.5. The van der Waals surface area contributed by atoms with Gasteiger partial charge in [-0.05, 0) is 39.4 Å². The summed E-state index contributed by atoms with van der Waals surface area (Å²) >= 11 is 0. The zero-order valence-corrected chi connectivity index (χ0v) is 19.8. The first-order chi connectivity index (χ1) is 16.4. The third-order valence-corrected chi connectivity index (χ3v) is 6.54. The summed E-state index contributed by atoms with van der Waals surface area (Å²) in [5.41, 5.74) is 3.83. The molecule has 1 amide bonds. The molecule has 0 saturated carbocycles. The maximum atomic E-state index is 14.5. The average Bonchev–Trinajstić information content (AvgIpc) is 3.18. The molecule has 9 heteroatoms. The van der Waals surface area contributed by atoms with E-state index in [1.807, 2.05) is 6.07 Å². The number of rotatable bonds is 4. The third kappa shape index (κ3) is 3.86. The zero-order chi connectivity index (χ0) is 24.0. The number of hydrogen-bond acceptors (Lipinski definition) is 6. The molecule has 2 atom stereocenters. The van der Waals surface area contributed by atoms with Crippen molar-refractivity contribution in [3.63, 3.8) is 0 Å². The van der Waals surface area contributed by atoms with Gasteiger partial charge in [-0.2, -0.15) is 0 Å². The number of carbonyl (C=O) groups is 1. The van der Waals surface area contributed by atoms with Gasteiger partial charge in [-0.25, -0.2) is 9.37 Å². The molecule has 0 radical (unpaired) electrons. The number of fused-ring (bicyclic) bond motifs is 2. The number of carbonyl (C=O) groups excluding carboxylic acids is 1. The number of amides is 1. The molecule has 4 aromatic rings. The lowest BCUT2D eigenvalue weighted by atomic mass is 10.0.